The van der Waals surface area contributed by atoms with E-state index in [1.807, 2.05) is 30.3 Å². The van der Waals surface area contributed by atoms with E-state index in [9.17, 15) is 10.2 Å². The van der Waals surface area contributed by atoms with E-state index in [1.165, 1.54) is 11.8 Å². The standard InChI is InChI=1S/C18H18Cl2N2O3S/c19-14-6-16-17(7-15(14)20)22-18(21-16,11-25-13(8-23)9-24)26-10-12-4-2-1-3-5-12/h1-7,13,23-24H,8-11H2. The van der Waals surface area contributed by atoms with Crippen LogP contribution in [0.1, 0.15) is 5.56 Å². The number of hydrogen-bond acceptors (Lipinski definition) is 6. The second-order valence-electron chi connectivity index (χ2n) is 5.79. The highest BCUT2D eigenvalue weighted by Crippen LogP contribution is 2.33. The van der Waals surface area contributed by atoms with Crippen LogP contribution in [0.2, 0.25) is 10.0 Å². The molecule has 0 aliphatic carbocycles. The van der Waals surface area contributed by atoms with Gasteiger partial charge in [-0.3, -0.25) is 0 Å². The average Bonchev–Trinajstić information content (AvgIpc) is 3.00. The first-order valence-corrected chi connectivity index (χ1v) is 9.75. The molecule has 0 bridgehead atoms. The minimum absolute atomic E-state index is 0.111. The summed E-state index contributed by atoms with van der Waals surface area (Å²) in [4.78, 5) is 8.49. The molecule has 26 heavy (non-hydrogen) atoms. The molecule has 0 spiro atoms. The number of nitrogens with zero attached hydrogens (tertiary/aromatic N) is 2. The van der Waals surface area contributed by atoms with Crippen molar-refractivity contribution in [1.29, 1.82) is 0 Å². The quantitative estimate of drug-likeness (QED) is 0.696. The van der Waals surface area contributed by atoms with Gasteiger partial charge in [-0.15, -0.1) is 11.8 Å². The van der Waals surface area contributed by atoms with Crippen LogP contribution in [0, 0.1) is 0 Å². The number of halogens is 2. The van der Waals surface area contributed by atoms with E-state index in [0.29, 0.717) is 26.5 Å². The van der Waals surface area contributed by atoms with Crippen LogP contribution in [0.3, 0.4) is 0 Å². The molecule has 5 nitrogen and oxygen atoms in total. The largest absolute Gasteiger partial charge is 0.394 e. The second-order valence-corrected chi connectivity index (χ2v) is 7.84. The van der Waals surface area contributed by atoms with Crippen LogP contribution in [0.15, 0.2) is 52.4 Å². The Balaban J connectivity index is 1.88. The maximum Gasteiger partial charge on any atom is 0.222 e. The van der Waals surface area contributed by atoms with Crippen molar-refractivity contribution >= 4 is 35.0 Å². The third-order valence-electron chi connectivity index (χ3n) is 3.83. The summed E-state index contributed by atoms with van der Waals surface area (Å²) >= 11 is 13.7. The van der Waals surface area contributed by atoms with E-state index in [-0.39, 0.29) is 19.8 Å². The van der Waals surface area contributed by atoms with Crippen molar-refractivity contribution in [1.82, 2.24) is 0 Å². The molecule has 2 aromatic carbocycles. The number of fused-ring (bicyclic) bond motifs is 1. The SMILES string of the molecule is OCC(CO)OCC1(SCc2ccccc2)N=c2cc(Cl)c(Cl)cc2=N1. The Morgan fingerprint density at radius 1 is 1.00 bits per heavy atom. The number of rotatable bonds is 8. The number of aliphatic hydroxyl groups excluding tert-OH is 2. The number of aliphatic hydroxyl groups is 2. The highest BCUT2D eigenvalue weighted by molar-refractivity contribution is 7.99. The van der Waals surface area contributed by atoms with Crippen LogP contribution in [-0.4, -0.2) is 41.1 Å². The summed E-state index contributed by atoms with van der Waals surface area (Å²) in [6, 6.07) is 13.3. The molecule has 138 valence electrons. The molecule has 0 radical (unpaired) electrons. The number of hydrogen-bond donors (Lipinski definition) is 2. The van der Waals surface area contributed by atoms with Gasteiger partial charge in [0, 0.05) is 5.75 Å². The lowest BCUT2D eigenvalue weighted by molar-refractivity contribution is -0.0269. The number of ether oxygens (including phenoxy) is 1. The van der Waals surface area contributed by atoms with Gasteiger partial charge in [0.15, 0.2) is 0 Å². The molecule has 0 saturated carbocycles. The molecule has 1 aliphatic rings. The van der Waals surface area contributed by atoms with E-state index in [4.69, 9.17) is 37.9 Å². The first kappa shape index (κ1) is 19.6. The van der Waals surface area contributed by atoms with Gasteiger partial charge < -0.3 is 14.9 Å². The fourth-order valence-electron chi connectivity index (χ4n) is 2.44. The third-order valence-corrected chi connectivity index (χ3v) is 5.80. The average molecular weight is 413 g/mol. The highest BCUT2D eigenvalue weighted by Gasteiger charge is 2.33. The van der Waals surface area contributed by atoms with Gasteiger partial charge in [-0.2, -0.15) is 0 Å². The lowest BCUT2D eigenvalue weighted by Gasteiger charge is -2.24. The van der Waals surface area contributed by atoms with Crippen molar-refractivity contribution in [2.75, 3.05) is 19.8 Å². The van der Waals surface area contributed by atoms with E-state index in [2.05, 4.69) is 0 Å². The Kier molecular flexibility index (Phi) is 6.55. The van der Waals surface area contributed by atoms with Crippen molar-refractivity contribution in [3.05, 3.63) is 68.8 Å². The molecule has 3 rings (SSSR count). The van der Waals surface area contributed by atoms with Crippen LogP contribution < -0.4 is 10.7 Å². The molecule has 1 aliphatic heterocycles. The summed E-state index contributed by atoms with van der Waals surface area (Å²) in [5, 5.41) is 20.6. The molecule has 1 heterocycles. The summed E-state index contributed by atoms with van der Waals surface area (Å²) in [5.41, 5.74) is 1.13. The van der Waals surface area contributed by atoms with Crippen LogP contribution in [0.5, 0.6) is 0 Å². The van der Waals surface area contributed by atoms with Crippen LogP contribution >= 0.6 is 35.0 Å². The molecule has 0 saturated heterocycles. The minimum Gasteiger partial charge on any atom is -0.394 e. The molecule has 0 aromatic heterocycles. The maximum absolute atomic E-state index is 9.25. The third kappa shape index (κ3) is 4.57. The molecule has 8 heteroatoms. The molecule has 0 fully saturated rings. The zero-order chi connectivity index (χ0) is 18.6. The lowest BCUT2D eigenvalue weighted by Crippen LogP contribution is -2.32. The lowest BCUT2D eigenvalue weighted by atomic mass is 10.2. The molecule has 0 unspecified atom stereocenters. The molecule has 2 aromatic rings. The van der Waals surface area contributed by atoms with Crippen molar-refractivity contribution in [2.24, 2.45) is 9.98 Å². The van der Waals surface area contributed by atoms with Gasteiger partial charge in [-0.1, -0.05) is 53.5 Å². The highest BCUT2D eigenvalue weighted by atomic mass is 35.5. The summed E-state index contributed by atoms with van der Waals surface area (Å²) in [6.07, 6.45) is -0.675. The monoisotopic (exact) mass is 412 g/mol. The predicted octanol–water partition coefficient (Wildman–Crippen LogP) is 2.20. The molecular formula is C18H18Cl2N2O3S. The summed E-state index contributed by atoms with van der Waals surface area (Å²) < 4.78 is 5.63. The Hall–Kier alpha value is -1.15. The number of benzene rings is 2. The van der Waals surface area contributed by atoms with Crippen molar-refractivity contribution < 1.29 is 14.9 Å². The first-order chi connectivity index (χ1) is 12.5. The van der Waals surface area contributed by atoms with Crippen molar-refractivity contribution in [3.63, 3.8) is 0 Å². The van der Waals surface area contributed by atoms with Crippen LogP contribution in [0.25, 0.3) is 0 Å². The van der Waals surface area contributed by atoms with Gasteiger partial charge in [0.25, 0.3) is 0 Å². The van der Waals surface area contributed by atoms with Crippen molar-refractivity contribution in [3.8, 4) is 0 Å². The first-order valence-electron chi connectivity index (χ1n) is 8.01. The molecular weight excluding hydrogens is 395 g/mol. The van der Waals surface area contributed by atoms with Gasteiger partial charge in [-0.05, 0) is 17.7 Å². The smallest absolute Gasteiger partial charge is 0.222 e. The maximum atomic E-state index is 9.25. The summed E-state index contributed by atoms with van der Waals surface area (Å²) in [7, 11) is 0. The number of thioether (sulfide) groups is 1. The zero-order valence-corrected chi connectivity index (χ0v) is 16.1. The Morgan fingerprint density at radius 3 is 2.12 bits per heavy atom. The van der Waals surface area contributed by atoms with Crippen LogP contribution in [0.4, 0.5) is 0 Å². The van der Waals surface area contributed by atoms with Gasteiger partial charge in [-0.25, -0.2) is 9.98 Å². The van der Waals surface area contributed by atoms with E-state index in [0.717, 1.165) is 5.56 Å². The molecule has 0 atom stereocenters. The Morgan fingerprint density at radius 2 is 1.58 bits per heavy atom. The normalized spacial score (nSPS) is 14.8. The second kappa shape index (κ2) is 8.69. The Bertz CT molecular complexity index is 835. The summed E-state index contributed by atoms with van der Waals surface area (Å²) in [6.45, 7) is -0.443. The summed E-state index contributed by atoms with van der Waals surface area (Å²) in [5.74, 6) is 0.676. The van der Waals surface area contributed by atoms with E-state index < -0.39 is 11.1 Å². The topological polar surface area (TPSA) is 74.4 Å². The van der Waals surface area contributed by atoms with Gasteiger partial charge in [0.2, 0.25) is 4.99 Å². The van der Waals surface area contributed by atoms with Gasteiger partial charge in [0.05, 0.1) is 34.0 Å². The Labute approximate surface area is 165 Å². The van der Waals surface area contributed by atoms with Crippen LogP contribution in [-0.2, 0) is 10.5 Å². The van der Waals surface area contributed by atoms with Crippen molar-refractivity contribution in [2.45, 2.75) is 16.9 Å². The molecule has 2 N–H and O–H groups in total. The predicted molar refractivity (Wildman–Crippen MR) is 103 cm³/mol. The zero-order valence-electron chi connectivity index (χ0n) is 13.8. The fourth-order valence-corrected chi connectivity index (χ4v) is 3.82. The molecule has 0 amide bonds. The van der Waals surface area contributed by atoms with Gasteiger partial charge >= 0.3 is 0 Å². The fraction of sp³-hybridized carbons (Fsp3) is 0.333. The van der Waals surface area contributed by atoms with E-state index >= 15 is 0 Å². The van der Waals surface area contributed by atoms with E-state index in [1.54, 1.807) is 12.1 Å². The minimum atomic E-state index is -0.922. The van der Waals surface area contributed by atoms with Gasteiger partial charge in [0.1, 0.15) is 12.7 Å².